The van der Waals surface area contributed by atoms with E-state index < -0.39 is 6.61 Å². The summed E-state index contributed by atoms with van der Waals surface area (Å²) in [6.07, 6.45) is 0. The largest absolute Gasteiger partial charge is 0.508 e. The normalized spacial score (nSPS) is 10.7. The molecule has 0 amide bonds. The molecule has 3 nitrogen and oxygen atoms in total. The first kappa shape index (κ1) is 15.1. The SMILES string of the molecule is Cc1cc(NCc2ccccc2OC(F)F)c(C)cc1O. The number of halogens is 2. The fraction of sp³-hybridized carbons (Fsp3) is 0.250. The van der Waals surface area contributed by atoms with Gasteiger partial charge in [0.1, 0.15) is 11.5 Å². The van der Waals surface area contributed by atoms with Gasteiger partial charge in [0.05, 0.1) is 0 Å². The molecule has 0 atom stereocenters. The number of phenolic OH excluding ortho intramolecular Hbond substituents is 1. The van der Waals surface area contributed by atoms with Crippen molar-refractivity contribution < 1.29 is 18.6 Å². The van der Waals surface area contributed by atoms with Gasteiger partial charge in [-0.3, -0.25) is 0 Å². The molecule has 0 saturated carbocycles. The van der Waals surface area contributed by atoms with Crippen LogP contribution in [-0.2, 0) is 6.54 Å². The summed E-state index contributed by atoms with van der Waals surface area (Å²) in [6.45, 7) is 1.17. The Balaban J connectivity index is 2.15. The number of hydrogen-bond donors (Lipinski definition) is 2. The van der Waals surface area contributed by atoms with Crippen LogP contribution in [0.5, 0.6) is 11.5 Å². The molecule has 0 aliphatic heterocycles. The van der Waals surface area contributed by atoms with E-state index in [9.17, 15) is 13.9 Å². The van der Waals surface area contributed by atoms with Gasteiger partial charge < -0.3 is 15.2 Å². The molecule has 0 heterocycles. The van der Waals surface area contributed by atoms with E-state index in [2.05, 4.69) is 10.1 Å². The summed E-state index contributed by atoms with van der Waals surface area (Å²) in [7, 11) is 0. The standard InChI is InChI=1S/C16H17F2NO2/c1-10-8-14(20)11(2)7-13(10)19-9-12-5-3-4-6-15(12)21-16(17)18/h3-8,16,19-20H,9H2,1-2H3. The highest BCUT2D eigenvalue weighted by molar-refractivity contribution is 5.57. The first-order valence-corrected chi connectivity index (χ1v) is 6.54. The summed E-state index contributed by atoms with van der Waals surface area (Å²) < 4.78 is 29.2. The average Bonchev–Trinajstić information content (AvgIpc) is 2.42. The molecule has 21 heavy (non-hydrogen) atoms. The quantitative estimate of drug-likeness (QED) is 0.811. The molecule has 0 aliphatic carbocycles. The molecule has 2 rings (SSSR count). The van der Waals surface area contributed by atoms with Crippen LogP contribution in [0, 0.1) is 13.8 Å². The minimum absolute atomic E-state index is 0.160. The van der Waals surface area contributed by atoms with Crippen LogP contribution in [0.15, 0.2) is 36.4 Å². The van der Waals surface area contributed by atoms with Crippen molar-refractivity contribution in [3.8, 4) is 11.5 Å². The smallest absolute Gasteiger partial charge is 0.387 e. The number of rotatable bonds is 5. The van der Waals surface area contributed by atoms with Crippen LogP contribution in [0.25, 0.3) is 0 Å². The topological polar surface area (TPSA) is 41.5 Å². The van der Waals surface area contributed by atoms with Gasteiger partial charge >= 0.3 is 6.61 Å². The van der Waals surface area contributed by atoms with Crippen LogP contribution >= 0.6 is 0 Å². The molecule has 0 aromatic heterocycles. The van der Waals surface area contributed by atoms with E-state index in [0.29, 0.717) is 12.1 Å². The second-order valence-electron chi connectivity index (χ2n) is 4.79. The summed E-state index contributed by atoms with van der Waals surface area (Å²) in [6, 6.07) is 10.1. The first-order chi connectivity index (χ1) is 9.97. The third kappa shape index (κ3) is 3.84. The molecule has 2 aromatic rings. The summed E-state index contributed by atoms with van der Waals surface area (Å²) >= 11 is 0. The van der Waals surface area contributed by atoms with Crippen molar-refractivity contribution in [2.24, 2.45) is 0 Å². The lowest BCUT2D eigenvalue weighted by molar-refractivity contribution is -0.0504. The van der Waals surface area contributed by atoms with Gasteiger partial charge in [-0.05, 0) is 43.2 Å². The second kappa shape index (κ2) is 6.43. The Morgan fingerprint density at radius 3 is 2.57 bits per heavy atom. The van der Waals surface area contributed by atoms with Crippen LogP contribution in [0.2, 0.25) is 0 Å². The van der Waals surface area contributed by atoms with Crippen LogP contribution in [0.3, 0.4) is 0 Å². The van der Waals surface area contributed by atoms with E-state index in [-0.39, 0.29) is 11.5 Å². The molecule has 0 radical (unpaired) electrons. The van der Waals surface area contributed by atoms with Gasteiger partial charge in [-0.1, -0.05) is 18.2 Å². The predicted octanol–water partition coefficient (Wildman–Crippen LogP) is 4.22. The third-order valence-electron chi connectivity index (χ3n) is 3.20. The number of hydrogen-bond acceptors (Lipinski definition) is 3. The van der Waals surface area contributed by atoms with Crippen molar-refractivity contribution in [2.45, 2.75) is 27.0 Å². The number of nitrogens with one attached hydrogen (secondary N) is 1. The minimum atomic E-state index is -2.84. The average molecular weight is 293 g/mol. The third-order valence-corrected chi connectivity index (χ3v) is 3.20. The Morgan fingerprint density at radius 2 is 1.86 bits per heavy atom. The van der Waals surface area contributed by atoms with Gasteiger partial charge in [-0.25, -0.2) is 0 Å². The van der Waals surface area contributed by atoms with E-state index in [1.165, 1.54) is 6.07 Å². The van der Waals surface area contributed by atoms with Gasteiger partial charge in [0.2, 0.25) is 0 Å². The Labute approximate surface area is 122 Å². The Hall–Kier alpha value is -2.30. The molecule has 0 bridgehead atoms. The van der Waals surface area contributed by atoms with Crippen LogP contribution < -0.4 is 10.1 Å². The van der Waals surface area contributed by atoms with Gasteiger partial charge in [-0.15, -0.1) is 0 Å². The lowest BCUT2D eigenvalue weighted by Crippen LogP contribution is -2.07. The number of aromatic hydroxyl groups is 1. The zero-order valence-corrected chi connectivity index (χ0v) is 11.9. The van der Waals surface area contributed by atoms with Crippen molar-refractivity contribution in [1.82, 2.24) is 0 Å². The highest BCUT2D eigenvalue weighted by Crippen LogP contribution is 2.27. The van der Waals surface area contributed by atoms with E-state index >= 15 is 0 Å². The summed E-state index contributed by atoms with van der Waals surface area (Å²) in [4.78, 5) is 0. The van der Waals surface area contributed by atoms with E-state index in [4.69, 9.17) is 0 Å². The Kier molecular flexibility index (Phi) is 4.62. The fourth-order valence-electron chi connectivity index (χ4n) is 2.04. The van der Waals surface area contributed by atoms with Gasteiger partial charge in [-0.2, -0.15) is 8.78 Å². The molecule has 0 fully saturated rings. The predicted molar refractivity (Wildman–Crippen MR) is 78.0 cm³/mol. The van der Waals surface area contributed by atoms with Crippen LogP contribution in [-0.4, -0.2) is 11.7 Å². The molecular weight excluding hydrogens is 276 g/mol. The van der Waals surface area contributed by atoms with Crippen molar-refractivity contribution >= 4 is 5.69 Å². The summed E-state index contributed by atoms with van der Waals surface area (Å²) in [5.41, 5.74) is 3.12. The number of phenols is 1. The van der Waals surface area contributed by atoms with E-state index in [0.717, 1.165) is 16.8 Å². The van der Waals surface area contributed by atoms with E-state index in [1.54, 1.807) is 31.2 Å². The zero-order chi connectivity index (χ0) is 15.4. The highest BCUT2D eigenvalue weighted by atomic mass is 19.3. The van der Waals surface area contributed by atoms with Crippen LogP contribution in [0.1, 0.15) is 16.7 Å². The number of anilines is 1. The first-order valence-electron chi connectivity index (χ1n) is 6.54. The number of benzene rings is 2. The lowest BCUT2D eigenvalue weighted by atomic mass is 10.1. The summed E-state index contributed by atoms with van der Waals surface area (Å²) in [5.74, 6) is 0.396. The van der Waals surface area contributed by atoms with Gasteiger partial charge in [0.25, 0.3) is 0 Å². The van der Waals surface area contributed by atoms with Crippen molar-refractivity contribution in [1.29, 1.82) is 0 Å². The van der Waals surface area contributed by atoms with Crippen molar-refractivity contribution in [3.05, 3.63) is 53.1 Å². The number of alkyl halides is 2. The fourth-order valence-corrected chi connectivity index (χ4v) is 2.04. The van der Waals surface area contributed by atoms with Gasteiger partial charge in [0, 0.05) is 17.8 Å². The molecule has 0 spiro atoms. The number of ether oxygens (including phenoxy) is 1. The number of para-hydroxylation sites is 1. The monoisotopic (exact) mass is 293 g/mol. The molecule has 5 heteroatoms. The molecule has 112 valence electrons. The second-order valence-corrected chi connectivity index (χ2v) is 4.79. The van der Waals surface area contributed by atoms with E-state index in [1.807, 2.05) is 13.0 Å². The molecule has 2 aromatic carbocycles. The lowest BCUT2D eigenvalue weighted by Gasteiger charge is -2.14. The summed E-state index contributed by atoms with van der Waals surface area (Å²) in [5, 5.41) is 12.8. The molecular formula is C16H17F2NO2. The van der Waals surface area contributed by atoms with Crippen molar-refractivity contribution in [2.75, 3.05) is 5.32 Å². The molecule has 0 saturated heterocycles. The zero-order valence-electron chi connectivity index (χ0n) is 11.9. The maximum absolute atomic E-state index is 12.4. The van der Waals surface area contributed by atoms with Gasteiger partial charge in [0.15, 0.2) is 0 Å². The maximum Gasteiger partial charge on any atom is 0.387 e. The molecule has 0 aliphatic rings. The molecule has 2 N–H and O–H groups in total. The van der Waals surface area contributed by atoms with Crippen molar-refractivity contribution in [3.63, 3.8) is 0 Å². The Morgan fingerprint density at radius 1 is 1.14 bits per heavy atom. The molecule has 0 unspecified atom stereocenters. The maximum atomic E-state index is 12.4. The van der Waals surface area contributed by atoms with Crippen LogP contribution in [0.4, 0.5) is 14.5 Å². The minimum Gasteiger partial charge on any atom is -0.508 e. The Bertz CT molecular complexity index is 630. The highest BCUT2D eigenvalue weighted by Gasteiger charge is 2.09. The number of aryl methyl sites for hydroxylation is 2.